The summed E-state index contributed by atoms with van der Waals surface area (Å²) in [6.45, 7) is 0. The van der Waals surface area contributed by atoms with Crippen LogP contribution in [0.25, 0.3) is 10.8 Å². The summed E-state index contributed by atoms with van der Waals surface area (Å²) < 4.78 is 0. The summed E-state index contributed by atoms with van der Waals surface area (Å²) in [5.74, 6) is -1.76. The molecule has 1 radical (unpaired) electrons. The number of nitrogens with zero attached hydrogens (tertiary/aromatic N) is 1. The van der Waals surface area contributed by atoms with Crippen LogP contribution in [0.5, 0.6) is 0 Å². The van der Waals surface area contributed by atoms with Crippen molar-refractivity contribution in [1.29, 1.82) is 0 Å². The van der Waals surface area contributed by atoms with Crippen molar-refractivity contribution in [1.82, 2.24) is 5.32 Å². The van der Waals surface area contributed by atoms with Crippen LogP contribution in [0.15, 0.2) is 30.3 Å². The van der Waals surface area contributed by atoms with Crippen molar-refractivity contribution in [3.8, 4) is 0 Å². The van der Waals surface area contributed by atoms with Crippen molar-refractivity contribution in [2.24, 2.45) is 5.73 Å². The van der Waals surface area contributed by atoms with E-state index in [0.29, 0.717) is 21.9 Å². The molecule has 0 unspecified atom stereocenters. The number of carbonyl (C=O) groups is 3. The highest BCUT2D eigenvalue weighted by molar-refractivity contribution is 6.27. The van der Waals surface area contributed by atoms with E-state index in [-0.39, 0.29) is 5.56 Å². The molecule has 2 N–H and O–H groups in total. The van der Waals surface area contributed by atoms with Gasteiger partial charge in [-0.05, 0) is 23.6 Å². The SMILES string of the molecule is NC(=O)c1ccc2c3c(cccc13)C(=O)[N]C2=O. The largest absolute Gasteiger partial charge is 0.366 e. The van der Waals surface area contributed by atoms with Gasteiger partial charge in [0, 0.05) is 10.9 Å². The highest BCUT2D eigenvalue weighted by Crippen LogP contribution is 2.29. The van der Waals surface area contributed by atoms with Gasteiger partial charge in [-0.3, -0.25) is 14.4 Å². The fourth-order valence-electron chi connectivity index (χ4n) is 2.19. The van der Waals surface area contributed by atoms with E-state index in [0.717, 1.165) is 0 Å². The summed E-state index contributed by atoms with van der Waals surface area (Å²) in [6, 6.07) is 7.83. The number of carbonyl (C=O) groups excluding carboxylic acids is 3. The second-order valence-corrected chi connectivity index (χ2v) is 3.98. The molecule has 0 aliphatic carbocycles. The number of nitrogens with two attached hydrogens (primary N) is 1. The highest BCUT2D eigenvalue weighted by atomic mass is 16.2. The van der Waals surface area contributed by atoms with Crippen LogP contribution in [-0.2, 0) is 0 Å². The Labute approximate surface area is 102 Å². The summed E-state index contributed by atoms with van der Waals surface area (Å²) in [4.78, 5) is 34.7. The number of rotatable bonds is 1. The predicted molar refractivity (Wildman–Crippen MR) is 63.3 cm³/mol. The van der Waals surface area contributed by atoms with Crippen LogP contribution in [0, 0.1) is 0 Å². The summed E-state index contributed by atoms with van der Waals surface area (Å²) in [7, 11) is 0. The molecule has 0 spiro atoms. The normalized spacial score (nSPS) is 13.6. The van der Waals surface area contributed by atoms with Gasteiger partial charge in [0.25, 0.3) is 11.8 Å². The first kappa shape index (κ1) is 10.5. The number of hydrogen-bond donors (Lipinski definition) is 1. The molecule has 0 saturated heterocycles. The van der Waals surface area contributed by atoms with E-state index >= 15 is 0 Å². The van der Waals surface area contributed by atoms with E-state index in [1.165, 1.54) is 12.1 Å². The maximum absolute atomic E-state index is 11.7. The Morgan fingerprint density at radius 3 is 2.33 bits per heavy atom. The molecule has 0 aromatic heterocycles. The van der Waals surface area contributed by atoms with Gasteiger partial charge in [-0.2, -0.15) is 5.32 Å². The minimum atomic E-state index is -0.596. The molecule has 5 heteroatoms. The zero-order chi connectivity index (χ0) is 12.9. The maximum Gasteiger partial charge on any atom is 0.281 e. The maximum atomic E-state index is 11.7. The second kappa shape index (κ2) is 3.40. The summed E-state index contributed by atoms with van der Waals surface area (Å²) in [5, 5.41) is 4.40. The van der Waals surface area contributed by atoms with Crippen LogP contribution in [0.2, 0.25) is 0 Å². The number of imide groups is 1. The molecule has 1 aliphatic heterocycles. The Kier molecular flexibility index (Phi) is 1.98. The van der Waals surface area contributed by atoms with E-state index < -0.39 is 17.7 Å². The monoisotopic (exact) mass is 239 g/mol. The fraction of sp³-hybridized carbons (Fsp3) is 0. The van der Waals surface area contributed by atoms with Crippen LogP contribution >= 0.6 is 0 Å². The molecule has 87 valence electrons. The van der Waals surface area contributed by atoms with Gasteiger partial charge in [-0.1, -0.05) is 12.1 Å². The Balaban J connectivity index is 2.53. The minimum absolute atomic E-state index is 0.290. The van der Waals surface area contributed by atoms with E-state index in [2.05, 4.69) is 5.32 Å². The van der Waals surface area contributed by atoms with E-state index in [1.54, 1.807) is 18.2 Å². The van der Waals surface area contributed by atoms with Gasteiger partial charge in [0.2, 0.25) is 5.91 Å². The fourth-order valence-corrected chi connectivity index (χ4v) is 2.19. The molecule has 5 nitrogen and oxygen atoms in total. The highest BCUT2D eigenvalue weighted by Gasteiger charge is 2.27. The van der Waals surface area contributed by atoms with Crippen LogP contribution in [0.3, 0.4) is 0 Å². The second-order valence-electron chi connectivity index (χ2n) is 3.98. The Morgan fingerprint density at radius 2 is 1.67 bits per heavy atom. The summed E-state index contributed by atoms with van der Waals surface area (Å²) in [5.41, 5.74) is 6.21. The van der Waals surface area contributed by atoms with Gasteiger partial charge in [0.15, 0.2) is 0 Å². The molecule has 3 rings (SSSR count). The first-order valence-electron chi connectivity index (χ1n) is 5.25. The lowest BCUT2D eigenvalue weighted by molar-refractivity contribution is 0.0837. The standard InChI is InChI=1S/C13H7N2O3/c14-11(16)7-4-5-9-10-6(7)2-1-3-8(10)12(17)15-13(9)18/h1-5H,(H2,14,16). The molecule has 0 bridgehead atoms. The molecule has 2 aromatic carbocycles. The zero-order valence-electron chi connectivity index (χ0n) is 9.14. The van der Waals surface area contributed by atoms with Crippen molar-refractivity contribution >= 4 is 28.5 Å². The predicted octanol–water partition coefficient (Wildman–Crippen LogP) is 0.837. The molecule has 0 atom stereocenters. The van der Waals surface area contributed by atoms with Crippen LogP contribution < -0.4 is 11.1 Å². The molecule has 0 saturated carbocycles. The third-order valence-corrected chi connectivity index (χ3v) is 2.97. The number of amides is 3. The van der Waals surface area contributed by atoms with Crippen molar-refractivity contribution in [2.45, 2.75) is 0 Å². The first-order valence-corrected chi connectivity index (χ1v) is 5.25. The average Bonchev–Trinajstić information content (AvgIpc) is 2.34. The molecule has 2 aromatic rings. The lowest BCUT2D eigenvalue weighted by Gasteiger charge is -2.15. The van der Waals surface area contributed by atoms with Crippen molar-refractivity contribution in [3.05, 3.63) is 47.0 Å². The third-order valence-electron chi connectivity index (χ3n) is 2.97. The van der Waals surface area contributed by atoms with Gasteiger partial charge < -0.3 is 5.73 Å². The average molecular weight is 239 g/mol. The Morgan fingerprint density at radius 1 is 1.00 bits per heavy atom. The smallest absolute Gasteiger partial charge is 0.281 e. The summed E-state index contributed by atoms with van der Waals surface area (Å²) >= 11 is 0. The molecular formula is C13H7N2O3. The van der Waals surface area contributed by atoms with Gasteiger partial charge in [-0.25, -0.2) is 0 Å². The van der Waals surface area contributed by atoms with E-state index in [9.17, 15) is 14.4 Å². The minimum Gasteiger partial charge on any atom is -0.366 e. The van der Waals surface area contributed by atoms with Crippen LogP contribution in [-0.4, -0.2) is 17.7 Å². The van der Waals surface area contributed by atoms with Gasteiger partial charge >= 0.3 is 0 Å². The van der Waals surface area contributed by atoms with Crippen LogP contribution in [0.1, 0.15) is 31.1 Å². The summed E-state index contributed by atoms with van der Waals surface area (Å²) in [6.07, 6.45) is 0. The zero-order valence-corrected chi connectivity index (χ0v) is 9.14. The number of hydrogen-bond acceptors (Lipinski definition) is 3. The molecule has 0 fully saturated rings. The molecule has 1 heterocycles. The lowest BCUT2D eigenvalue weighted by atomic mass is 9.92. The van der Waals surface area contributed by atoms with Gasteiger partial charge in [0.1, 0.15) is 0 Å². The van der Waals surface area contributed by atoms with Gasteiger partial charge in [-0.15, -0.1) is 0 Å². The number of primary amides is 1. The quantitative estimate of drug-likeness (QED) is 0.747. The van der Waals surface area contributed by atoms with Crippen LogP contribution in [0.4, 0.5) is 0 Å². The molecular weight excluding hydrogens is 232 g/mol. The third kappa shape index (κ3) is 1.24. The topological polar surface area (TPSA) is 91.3 Å². The number of benzene rings is 2. The lowest BCUT2D eigenvalue weighted by Crippen LogP contribution is -2.28. The van der Waals surface area contributed by atoms with Gasteiger partial charge in [0.05, 0.1) is 11.1 Å². The Bertz CT molecular complexity index is 714. The first-order chi connectivity index (χ1) is 8.59. The van der Waals surface area contributed by atoms with Crippen molar-refractivity contribution in [3.63, 3.8) is 0 Å². The molecule has 1 aliphatic rings. The Hall–Kier alpha value is -2.69. The van der Waals surface area contributed by atoms with E-state index in [1.807, 2.05) is 0 Å². The molecule has 3 amide bonds. The van der Waals surface area contributed by atoms with Crippen molar-refractivity contribution in [2.75, 3.05) is 0 Å². The van der Waals surface area contributed by atoms with Crippen molar-refractivity contribution < 1.29 is 14.4 Å². The van der Waals surface area contributed by atoms with E-state index in [4.69, 9.17) is 5.73 Å². The molecule has 18 heavy (non-hydrogen) atoms.